The summed E-state index contributed by atoms with van der Waals surface area (Å²) in [6.07, 6.45) is 21.5. The van der Waals surface area contributed by atoms with Crippen LogP contribution in [0.25, 0.3) is 0 Å². The van der Waals surface area contributed by atoms with Gasteiger partial charge in [0.15, 0.2) is 0 Å². The first-order valence-electron chi connectivity index (χ1n) is 4.77. The van der Waals surface area contributed by atoms with E-state index in [1.54, 1.807) is 0 Å². The van der Waals surface area contributed by atoms with Crippen LogP contribution >= 0.6 is 0 Å². The molecular weight excluding hydrogens is 144 g/mol. The van der Waals surface area contributed by atoms with E-state index in [0.29, 0.717) is 0 Å². The van der Waals surface area contributed by atoms with Gasteiger partial charge in [-0.05, 0) is 38.5 Å². The van der Waals surface area contributed by atoms with Crippen LogP contribution in [0.15, 0.2) is 36.5 Å². The van der Waals surface area contributed by atoms with Crippen molar-refractivity contribution in [1.29, 1.82) is 0 Å². The molecule has 1 aliphatic carbocycles. The van der Waals surface area contributed by atoms with Crippen molar-refractivity contribution in [3.63, 3.8) is 0 Å². The molecule has 1 aliphatic rings. The predicted molar refractivity (Wildman–Crippen MR) is 54.8 cm³/mol. The van der Waals surface area contributed by atoms with Crippen molar-refractivity contribution in [2.24, 2.45) is 0 Å². The quantitative estimate of drug-likeness (QED) is 0.474. The van der Waals surface area contributed by atoms with E-state index in [1.807, 2.05) is 0 Å². The highest BCUT2D eigenvalue weighted by atomic mass is 13.9. The molecule has 0 heterocycles. The maximum absolute atomic E-state index is 2.30. The zero-order valence-corrected chi connectivity index (χ0v) is 7.58. The number of rotatable bonds is 0. The Bertz CT molecular complexity index is 172. The average molecular weight is 161 g/mol. The zero-order valence-electron chi connectivity index (χ0n) is 7.58. The van der Waals surface area contributed by atoms with E-state index in [4.69, 9.17) is 0 Å². The Morgan fingerprint density at radius 1 is 0.500 bits per heavy atom. The second-order valence-corrected chi connectivity index (χ2v) is 2.99. The second-order valence-electron chi connectivity index (χ2n) is 2.99. The van der Waals surface area contributed by atoms with Crippen LogP contribution in [0, 0.1) is 6.42 Å². The summed E-state index contributed by atoms with van der Waals surface area (Å²) in [5, 5.41) is 0. The number of hydrogen-bond acceptors (Lipinski definition) is 0. The van der Waals surface area contributed by atoms with Crippen LogP contribution in [0.4, 0.5) is 0 Å². The second kappa shape index (κ2) is 6.90. The molecule has 0 aromatic carbocycles. The van der Waals surface area contributed by atoms with Gasteiger partial charge >= 0.3 is 0 Å². The molecule has 0 nitrogen and oxygen atoms in total. The first-order chi connectivity index (χ1) is 6.00. The van der Waals surface area contributed by atoms with Crippen molar-refractivity contribution in [3.05, 3.63) is 42.9 Å². The molecular formula is C12H17. The van der Waals surface area contributed by atoms with Crippen molar-refractivity contribution in [1.82, 2.24) is 0 Å². The molecule has 0 saturated carbocycles. The molecule has 65 valence electrons. The maximum Gasteiger partial charge on any atom is -0.0169 e. The van der Waals surface area contributed by atoms with Crippen LogP contribution in [0.3, 0.4) is 0 Å². The summed E-state index contributed by atoms with van der Waals surface area (Å²) in [7, 11) is 0. The Morgan fingerprint density at radius 2 is 1.00 bits per heavy atom. The van der Waals surface area contributed by atoms with Crippen LogP contribution in [-0.4, -0.2) is 0 Å². The van der Waals surface area contributed by atoms with Crippen molar-refractivity contribution >= 4 is 0 Å². The van der Waals surface area contributed by atoms with E-state index >= 15 is 0 Å². The average Bonchev–Trinajstić information content (AvgIpc) is 2.05. The van der Waals surface area contributed by atoms with Gasteiger partial charge in [-0.3, -0.25) is 0 Å². The fourth-order valence-electron chi connectivity index (χ4n) is 1.18. The van der Waals surface area contributed by atoms with E-state index in [0.717, 1.165) is 19.3 Å². The summed E-state index contributed by atoms with van der Waals surface area (Å²) in [6.45, 7) is 0. The molecule has 0 bridgehead atoms. The van der Waals surface area contributed by atoms with Crippen molar-refractivity contribution < 1.29 is 0 Å². The molecule has 0 spiro atoms. The summed E-state index contributed by atoms with van der Waals surface area (Å²) in [5.41, 5.74) is 0. The Kier molecular flexibility index (Phi) is 5.35. The zero-order chi connectivity index (χ0) is 8.49. The van der Waals surface area contributed by atoms with Crippen LogP contribution in [-0.2, 0) is 0 Å². The third kappa shape index (κ3) is 4.95. The summed E-state index contributed by atoms with van der Waals surface area (Å²) in [5.74, 6) is 0. The lowest BCUT2D eigenvalue weighted by atomic mass is 10.1. The van der Waals surface area contributed by atoms with Gasteiger partial charge in [-0.2, -0.15) is 0 Å². The molecule has 0 N–H and O–H groups in total. The molecule has 0 atom stereocenters. The Balaban J connectivity index is 2.30. The highest BCUT2D eigenvalue weighted by Gasteiger charge is 1.83. The highest BCUT2D eigenvalue weighted by molar-refractivity contribution is 4.98. The van der Waals surface area contributed by atoms with Crippen LogP contribution in [0.1, 0.15) is 32.1 Å². The van der Waals surface area contributed by atoms with Gasteiger partial charge in [0, 0.05) is 0 Å². The van der Waals surface area contributed by atoms with Gasteiger partial charge in [-0.15, -0.1) is 0 Å². The molecule has 0 unspecified atom stereocenters. The third-order valence-corrected chi connectivity index (χ3v) is 1.88. The lowest BCUT2D eigenvalue weighted by molar-refractivity contribution is 1.02. The maximum atomic E-state index is 2.30. The van der Waals surface area contributed by atoms with Gasteiger partial charge in [0.05, 0.1) is 0 Å². The van der Waals surface area contributed by atoms with Crippen molar-refractivity contribution in [2.75, 3.05) is 0 Å². The van der Waals surface area contributed by atoms with Crippen molar-refractivity contribution in [3.8, 4) is 0 Å². The van der Waals surface area contributed by atoms with E-state index < -0.39 is 0 Å². The van der Waals surface area contributed by atoms with Crippen LogP contribution < -0.4 is 0 Å². The van der Waals surface area contributed by atoms with Crippen molar-refractivity contribution in [2.45, 2.75) is 32.1 Å². The predicted octanol–water partition coefficient (Wildman–Crippen LogP) is 3.82. The van der Waals surface area contributed by atoms with Gasteiger partial charge in [-0.25, -0.2) is 0 Å². The summed E-state index contributed by atoms with van der Waals surface area (Å²) in [4.78, 5) is 0. The molecule has 0 saturated heterocycles. The Labute approximate surface area is 75.7 Å². The Morgan fingerprint density at radius 3 is 1.75 bits per heavy atom. The molecule has 0 amide bonds. The fourth-order valence-corrected chi connectivity index (χ4v) is 1.18. The number of hydrogen-bond donors (Lipinski definition) is 0. The minimum Gasteiger partial charge on any atom is -0.0882 e. The number of allylic oxidation sites excluding steroid dienone is 6. The Hall–Kier alpha value is -0.780. The minimum atomic E-state index is 1.09. The van der Waals surface area contributed by atoms with E-state index in [9.17, 15) is 0 Å². The van der Waals surface area contributed by atoms with E-state index in [-0.39, 0.29) is 0 Å². The monoisotopic (exact) mass is 161 g/mol. The van der Waals surface area contributed by atoms with E-state index in [1.165, 1.54) is 12.8 Å². The molecule has 12 heavy (non-hydrogen) atoms. The molecule has 0 heteroatoms. The SMILES string of the molecule is [CH]1C/C=C\CC/C=C\C/C=C/C1. The third-order valence-electron chi connectivity index (χ3n) is 1.88. The standard InChI is InChI=1S/C12H17/c1-2-4-6-8-10-12-11-9-7-5-3-1/h1-2,5-7,10,12H,3-4,8-9,11H2/b2-1+,7-5-,12-10-. The normalized spacial score (nSPS) is 28.0. The lowest BCUT2D eigenvalue weighted by Gasteiger charge is -1.92. The first-order valence-corrected chi connectivity index (χ1v) is 4.77. The van der Waals surface area contributed by atoms with Gasteiger partial charge in [-0.1, -0.05) is 36.5 Å². The molecule has 0 aromatic rings. The molecule has 0 fully saturated rings. The smallest absolute Gasteiger partial charge is 0.0169 e. The van der Waals surface area contributed by atoms with Crippen LogP contribution in [0.2, 0.25) is 0 Å². The van der Waals surface area contributed by atoms with Crippen LogP contribution in [0.5, 0.6) is 0 Å². The first kappa shape index (κ1) is 9.31. The molecule has 0 aliphatic heterocycles. The fraction of sp³-hybridized carbons (Fsp3) is 0.417. The molecule has 0 aromatic heterocycles. The molecule has 1 rings (SSSR count). The lowest BCUT2D eigenvalue weighted by Crippen LogP contribution is -1.73. The summed E-state index contributed by atoms with van der Waals surface area (Å²) < 4.78 is 0. The minimum absolute atomic E-state index is 1.09. The van der Waals surface area contributed by atoms with E-state index in [2.05, 4.69) is 42.9 Å². The van der Waals surface area contributed by atoms with Gasteiger partial charge in [0.25, 0.3) is 0 Å². The highest BCUT2D eigenvalue weighted by Crippen LogP contribution is 2.02. The summed E-state index contributed by atoms with van der Waals surface area (Å²) in [6, 6.07) is 0. The topological polar surface area (TPSA) is 0 Å². The van der Waals surface area contributed by atoms with Gasteiger partial charge in [0.1, 0.15) is 0 Å². The summed E-state index contributed by atoms with van der Waals surface area (Å²) >= 11 is 0. The largest absolute Gasteiger partial charge is 0.0882 e. The molecule has 1 radical (unpaired) electrons. The van der Waals surface area contributed by atoms with Gasteiger partial charge < -0.3 is 0 Å². The van der Waals surface area contributed by atoms with Gasteiger partial charge in [0.2, 0.25) is 0 Å².